The quantitative estimate of drug-likeness (QED) is 0.773. The first-order chi connectivity index (χ1) is 11.7. The topological polar surface area (TPSA) is 63.5 Å². The summed E-state index contributed by atoms with van der Waals surface area (Å²) in [4.78, 5) is 4.33. The van der Waals surface area contributed by atoms with E-state index in [4.69, 9.17) is 4.74 Å². The first kappa shape index (κ1) is 14.6. The second-order valence-corrected chi connectivity index (χ2v) is 5.26. The van der Waals surface area contributed by atoms with Crippen molar-refractivity contribution in [3.8, 4) is 5.75 Å². The van der Waals surface area contributed by atoms with Crippen LogP contribution < -0.4 is 15.6 Å². The van der Waals surface area contributed by atoms with Gasteiger partial charge in [-0.1, -0.05) is 18.2 Å². The van der Waals surface area contributed by atoms with Crippen LogP contribution in [0.25, 0.3) is 10.9 Å². The molecule has 2 N–H and O–H groups in total. The number of rotatable bonds is 3. The highest BCUT2D eigenvalue weighted by atomic mass is 19.1. The molecule has 0 spiro atoms. The molecule has 2 aromatic carbocycles. The van der Waals surface area contributed by atoms with Crippen LogP contribution >= 0.6 is 0 Å². The highest BCUT2D eigenvalue weighted by molar-refractivity contribution is 5.79. The lowest BCUT2D eigenvalue weighted by atomic mass is 10.1. The molecule has 1 aliphatic heterocycles. The van der Waals surface area contributed by atoms with Gasteiger partial charge in [-0.15, -0.1) is 0 Å². The Morgan fingerprint density at radius 2 is 2.00 bits per heavy atom. The number of halogens is 2. The van der Waals surface area contributed by atoms with Crippen molar-refractivity contribution in [3.05, 3.63) is 59.8 Å². The lowest BCUT2D eigenvalue weighted by Gasteiger charge is -2.28. The van der Waals surface area contributed by atoms with Crippen LogP contribution in [0, 0.1) is 11.6 Å². The number of hydrogen-bond donors (Lipinski definition) is 2. The monoisotopic (exact) mass is 329 g/mol. The van der Waals surface area contributed by atoms with Crippen molar-refractivity contribution in [2.45, 2.75) is 5.79 Å². The molecule has 6 nitrogen and oxygen atoms in total. The highest BCUT2D eigenvalue weighted by Crippen LogP contribution is 2.35. The molecular weight excluding hydrogens is 316 g/mol. The number of aromatic nitrogens is 2. The van der Waals surface area contributed by atoms with Crippen molar-refractivity contribution >= 4 is 17.2 Å². The normalized spacial score (nSPS) is 19.6. The Balaban J connectivity index is 2.00. The third-order valence-corrected chi connectivity index (χ3v) is 3.97. The van der Waals surface area contributed by atoms with Gasteiger partial charge in [0.15, 0.2) is 17.4 Å². The SMILES string of the molecule is COc1c(F)ccc(C2(n3ncc4ccccc43)N=CNN2)c1F. The van der Waals surface area contributed by atoms with Gasteiger partial charge in [0.1, 0.15) is 6.34 Å². The number of nitrogens with zero attached hydrogens (tertiary/aromatic N) is 3. The summed E-state index contributed by atoms with van der Waals surface area (Å²) in [6.07, 6.45) is 3.05. The number of ether oxygens (including phenoxy) is 1. The summed E-state index contributed by atoms with van der Waals surface area (Å²) in [6, 6.07) is 9.92. The molecule has 8 heteroatoms. The number of hydrogen-bond acceptors (Lipinski definition) is 5. The van der Waals surface area contributed by atoms with E-state index >= 15 is 0 Å². The van der Waals surface area contributed by atoms with Crippen LogP contribution in [0.1, 0.15) is 5.56 Å². The van der Waals surface area contributed by atoms with E-state index in [2.05, 4.69) is 20.9 Å². The highest BCUT2D eigenvalue weighted by Gasteiger charge is 2.41. The van der Waals surface area contributed by atoms with E-state index < -0.39 is 23.2 Å². The Morgan fingerprint density at radius 1 is 1.17 bits per heavy atom. The van der Waals surface area contributed by atoms with Gasteiger partial charge in [0.2, 0.25) is 0 Å². The first-order valence-corrected chi connectivity index (χ1v) is 7.19. The Labute approximate surface area is 135 Å². The van der Waals surface area contributed by atoms with E-state index in [1.165, 1.54) is 24.2 Å². The molecule has 0 radical (unpaired) electrons. The number of hydrazine groups is 1. The van der Waals surface area contributed by atoms with Crippen LogP contribution in [0.4, 0.5) is 8.78 Å². The Kier molecular flexibility index (Phi) is 3.20. The maximum atomic E-state index is 14.9. The summed E-state index contributed by atoms with van der Waals surface area (Å²) in [5.41, 5.74) is 6.47. The zero-order chi connectivity index (χ0) is 16.7. The predicted octanol–water partition coefficient (Wildman–Crippen LogP) is 2.12. The van der Waals surface area contributed by atoms with Gasteiger partial charge in [0.05, 0.1) is 24.4 Å². The molecule has 0 bridgehead atoms. The van der Waals surface area contributed by atoms with Gasteiger partial charge in [0, 0.05) is 5.39 Å². The Morgan fingerprint density at radius 3 is 2.75 bits per heavy atom. The number of benzene rings is 2. The van der Waals surface area contributed by atoms with Gasteiger partial charge in [0.25, 0.3) is 5.79 Å². The minimum Gasteiger partial charge on any atom is -0.491 e. The maximum absolute atomic E-state index is 14.9. The molecule has 0 aliphatic carbocycles. The molecular formula is C16H13F2N5O. The summed E-state index contributed by atoms with van der Waals surface area (Å²) in [5.74, 6) is -3.49. The third-order valence-electron chi connectivity index (χ3n) is 3.97. The standard InChI is InChI=1S/C16H13F2N5O/c1-24-15-12(17)7-6-11(14(15)18)16(19-9-20-22-16)23-13-5-3-2-4-10(13)8-21-23/h2-9,22H,1H3,(H,19,20). The average Bonchev–Trinajstić information content (AvgIpc) is 3.22. The van der Waals surface area contributed by atoms with Crippen LogP contribution in [-0.4, -0.2) is 23.2 Å². The van der Waals surface area contributed by atoms with Crippen LogP contribution in [-0.2, 0) is 5.79 Å². The van der Waals surface area contributed by atoms with Crippen molar-refractivity contribution in [1.82, 2.24) is 20.6 Å². The molecule has 1 unspecified atom stereocenters. The largest absolute Gasteiger partial charge is 0.491 e. The van der Waals surface area contributed by atoms with Gasteiger partial charge in [-0.2, -0.15) is 10.5 Å². The van der Waals surface area contributed by atoms with Gasteiger partial charge in [-0.25, -0.2) is 18.5 Å². The first-order valence-electron chi connectivity index (χ1n) is 7.19. The van der Waals surface area contributed by atoms with E-state index in [9.17, 15) is 8.78 Å². The van der Waals surface area contributed by atoms with E-state index in [0.717, 1.165) is 17.0 Å². The molecule has 24 heavy (non-hydrogen) atoms. The van der Waals surface area contributed by atoms with E-state index in [1.54, 1.807) is 6.20 Å². The zero-order valence-corrected chi connectivity index (χ0v) is 12.6. The molecule has 0 saturated heterocycles. The fourth-order valence-corrected chi connectivity index (χ4v) is 2.87. The average molecular weight is 329 g/mol. The van der Waals surface area contributed by atoms with Gasteiger partial charge in [-0.05, 0) is 18.2 Å². The van der Waals surface area contributed by atoms with Crippen molar-refractivity contribution in [3.63, 3.8) is 0 Å². The zero-order valence-electron chi connectivity index (χ0n) is 12.6. The molecule has 0 fully saturated rings. The molecule has 1 aliphatic rings. The van der Waals surface area contributed by atoms with Crippen molar-refractivity contribution < 1.29 is 13.5 Å². The fraction of sp³-hybridized carbons (Fsp3) is 0.125. The Bertz CT molecular complexity index is 955. The molecule has 1 aromatic heterocycles. The minimum absolute atomic E-state index is 0.0795. The van der Waals surface area contributed by atoms with E-state index in [-0.39, 0.29) is 5.56 Å². The summed E-state index contributed by atoms with van der Waals surface area (Å²) >= 11 is 0. The number of nitrogens with one attached hydrogen (secondary N) is 2. The maximum Gasteiger partial charge on any atom is 0.254 e. The second kappa shape index (κ2) is 5.27. The molecule has 1 atom stereocenters. The summed E-state index contributed by atoms with van der Waals surface area (Å²) in [7, 11) is 1.21. The summed E-state index contributed by atoms with van der Waals surface area (Å²) in [5, 5.41) is 5.21. The lowest BCUT2D eigenvalue weighted by Crippen LogP contribution is -2.49. The minimum atomic E-state index is -1.39. The summed E-state index contributed by atoms with van der Waals surface area (Å²) < 4.78 is 35.0. The predicted molar refractivity (Wildman–Crippen MR) is 84.5 cm³/mol. The molecule has 2 heterocycles. The molecule has 4 rings (SSSR count). The number of para-hydroxylation sites is 1. The van der Waals surface area contributed by atoms with Gasteiger partial charge in [-0.3, -0.25) is 0 Å². The van der Waals surface area contributed by atoms with Gasteiger partial charge >= 0.3 is 0 Å². The van der Waals surface area contributed by atoms with Crippen molar-refractivity contribution in [1.29, 1.82) is 0 Å². The summed E-state index contributed by atoms with van der Waals surface area (Å²) in [6.45, 7) is 0. The molecule has 122 valence electrons. The molecule has 0 saturated carbocycles. The number of methoxy groups -OCH3 is 1. The smallest absolute Gasteiger partial charge is 0.254 e. The van der Waals surface area contributed by atoms with Crippen molar-refractivity contribution in [2.75, 3.05) is 7.11 Å². The van der Waals surface area contributed by atoms with Crippen LogP contribution in [0.3, 0.4) is 0 Å². The van der Waals surface area contributed by atoms with Crippen LogP contribution in [0.15, 0.2) is 47.6 Å². The van der Waals surface area contributed by atoms with E-state index in [1.807, 2.05) is 24.3 Å². The Hall–Kier alpha value is -3.00. The number of aliphatic imine (C=N–C) groups is 1. The van der Waals surface area contributed by atoms with Gasteiger partial charge < -0.3 is 10.2 Å². The lowest BCUT2D eigenvalue weighted by molar-refractivity contribution is 0.263. The third kappa shape index (κ3) is 1.89. The van der Waals surface area contributed by atoms with Crippen molar-refractivity contribution in [2.24, 2.45) is 4.99 Å². The van der Waals surface area contributed by atoms with Crippen LogP contribution in [0.5, 0.6) is 5.75 Å². The second-order valence-electron chi connectivity index (χ2n) is 5.26. The number of fused-ring (bicyclic) bond motifs is 1. The molecule has 0 amide bonds. The van der Waals surface area contributed by atoms with Crippen LogP contribution in [0.2, 0.25) is 0 Å². The molecule has 3 aromatic rings. The van der Waals surface area contributed by atoms with E-state index in [0.29, 0.717) is 0 Å². The fourth-order valence-electron chi connectivity index (χ4n) is 2.87.